The van der Waals surface area contributed by atoms with Crippen LogP contribution in [0.15, 0.2) is 42.5 Å². The summed E-state index contributed by atoms with van der Waals surface area (Å²) in [6.45, 7) is 4.14. The van der Waals surface area contributed by atoms with E-state index >= 15 is 0 Å². The van der Waals surface area contributed by atoms with Gasteiger partial charge >= 0.3 is 0 Å². The van der Waals surface area contributed by atoms with Crippen LogP contribution in [0.4, 0.5) is 0 Å². The lowest BCUT2D eigenvalue weighted by molar-refractivity contribution is 1.10. The number of benzene rings is 2. The van der Waals surface area contributed by atoms with Gasteiger partial charge in [-0.05, 0) is 35.6 Å². The highest BCUT2D eigenvalue weighted by Gasteiger charge is 2.14. The maximum Gasteiger partial charge on any atom is 0.0849 e. The summed E-state index contributed by atoms with van der Waals surface area (Å²) in [5.74, 6) is 0. The molecule has 94 valence electrons. The maximum atomic E-state index is 6.52. The van der Waals surface area contributed by atoms with Gasteiger partial charge in [0, 0.05) is 5.02 Å². The van der Waals surface area contributed by atoms with Crippen LogP contribution in [0.2, 0.25) is 5.02 Å². The van der Waals surface area contributed by atoms with E-state index in [0.717, 1.165) is 28.1 Å². The van der Waals surface area contributed by atoms with Crippen molar-refractivity contribution in [1.82, 2.24) is 0 Å². The van der Waals surface area contributed by atoms with Crippen molar-refractivity contribution in [3.8, 4) is 0 Å². The lowest BCUT2D eigenvalue weighted by atomic mass is 10.0. The zero-order chi connectivity index (χ0) is 13.1. The Morgan fingerprint density at radius 1 is 1.06 bits per heavy atom. The van der Waals surface area contributed by atoms with Crippen molar-refractivity contribution in [2.24, 2.45) is 0 Å². The summed E-state index contributed by atoms with van der Waals surface area (Å²) in [6, 6.07) is 14.4. The van der Waals surface area contributed by atoms with Crippen LogP contribution in [0.3, 0.4) is 0 Å². The first-order chi connectivity index (χ1) is 8.63. The van der Waals surface area contributed by atoms with E-state index in [-0.39, 0.29) is 5.38 Å². The minimum Gasteiger partial charge on any atom is -0.113 e. The van der Waals surface area contributed by atoms with Crippen molar-refractivity contribution in [2.75, 3.05) is 0 Å². The molecule has 0 saturated carbocycles. The highest BCUT2D eigenvalue weighted by atomic mass is 35.5. The van der Waals surface area contributed by atoms with E-state index in [4.69, 9.17) is 23.2 Å². The fourth-order valence-electron chi connectivity index (χ4n) is 1.97. The van der Waals surface area contributed by atoms with Crippen molar-refractivity contribution >= 4 is 23.2 Å². The van der Waals surface area contributed by atoms with Crippen LogP contribution < -0.4 is 0 Å². The highest BCUT2D eigenvalue weighted by molar-refractivity contribution is 6.33. The number of alkyl halides is 1. The van der Waals surface area contributed by atoms with Gasteiger partial charge in [-0.15, -0.1) is 11.6 Å². The topological polar surface area (TPSA) is 0 Å². The summed E-state index contributed by atoms with van der Waals surface area (Å²) in [6.07, 6.45) is 1.04. The smallest absolute Gasteiger partial charge is 0.0849 e. The number of rotatable bonds is 3. The molecule has 2 rings (SSSR count). The second kappa shape index (κ2) is 5.77. The minimum atomic E-state index is -0.191. The number of hydrogen-bond acceptors (Lipinski definition) is 0. The Bertz CT molecular complexity index is 529. The lowest BCUT2D eigenvalue weighted by Crippen LogP contribution is -1.96. The van der Waals surface area contributed by atoms with E-state index in [2.05, 4.69) is 31.2 Å². The van der Waals surface area contributed by atoms with E-state index in [9.17, 15) is 0 Å². The van der Waals surface area contributed by atoms with Crippen molar-refractivity contribution in [3.63, 3.8) is 0 Å². The third kappa shape index (κ3) is 2.71. The molecule has 0 heterocycles. The Hall–Kier alpha value is -0.980. The normalized spacial score (nSPS) is 12.4. The van der Waals surface area contributed by atoms with Crippen LogP contribution in [-0.4, -0.2) is 0 Å². The van der Waals surface area contributed by atoms with Gasteiger partial charge in [-0.25, -0.2) is 0 Å². The number of hydrogen-bond donors (Lipinski definition) is 0. The van der Waals surface area contributed by atoms with Gasteiger partial charge in [0.2, 0.25) is 0 Å². The fourth-order valence-corrected chi connectivity index (χ4v) is 2.59. The summed E-state index contributed by atoms with van der Waals surface area (Å²) < 4.78 is 0. The summed E-state index contributed by atoms with van der Waals surface area (Å²) in [5, 5.41) is 0.570. The Morgan fingerprint density at radius 2 is 1.72 bits per heavy atom. The zero-order valence-corrected chi connectivity index (χ0v) is 12.1. The third-order valence-electron chi connectivity index (χ3n) is 3.18. The van der Waals surface area contributed by atoms with Crippen molar-refractivity contribution < 1.29 is 0 Å². The molecule has 0 N–H and O–H groups in total. The van der Waals surface area contributed by atoms with Gasteiger partial charge in [0.1, 0.15) is 0 Å². The zero-order valence-electron chi connectivity index (χ0n) is 10.6. The van der Waals surface area contributed by atoms with Gasteiger partial charge in [-0.2, -0.15) is 0 Å². The predicted molar refractivity (Wildman–Crippen MR) is 79.7 cm³/mol. The highest BCUT2D eigenvalue weighted by Crippen LogP contribution is 2.35. The van der Waals surface area contributed by atoms with Gasteiger partial charge in [0.05, 0.1) is 5.38 Å². The summed E-state index contributed by atoms with van der Waals surface area (Å²) >= 11 is 12.8. The van der Waals surface area contributed by atoms with Gasteiger partial charge in [0.15, 0.2) is 0 Å². The molecule has 0 aromatic heterocycles. The minimum absolute atomic E-state index is 0.191. The molecule has 1 atom stereocenters. The third-order valence-corrected chi connectivity index (χ3v) is 4.18. The standard InChI is InChI=1S/C16H16Cl2/c1-3-12-7-9-13(10-8-12)16(18)14-6-4-5-11(2)15(14)17/h4-10,16H,3H2,1-2H3. The molecule has 0 aliphatic rings. The molecule has 0 fully saturated rings. The molecule has 0 bridgehead atoms. The average molecular weight is 279 g/mol. The molecule has 0 saturated heterocycles. The second-order valence-electron chi connectivity index (χ2n) is 4.44. The summed E-state index contributed by atoms with van der Waals surface area (Å²) in [4.78, 5) is 0. The van der Waals surface area contributed by atoms with Crippen molar-refractivity contribution in [3.05, 3.63) is 69.7 Å². The summed E-state index contributed by atoms with van der Waals surface area (Å²) in [5.41, 5.74) is 4.44. The second-order valence-corrected chi connectivity index (χ2v) is 5.25. The van der Waals surface area contributed by atoms with Crippen LogP contribution in [0, 0.1) is 6.92 Å². The molecule has 0 spiro atoms. The van der Waals surface area contributed by atoms with E-state index in [1.807, 2.05) is 25.1 Å². The van der Waals surface area contributed by atoms with Crippen LogP contribution in [-0.2, 0) is 6.42 Å². The molecule has 0 nitrogen and oxygen atoms in total. The predicted octanol–water partition coefficient (Wildman–Crippen LogP) is 5.54. The average Bonchev–Trinajstić information content (AvgIpc) is 2.41. The molecule has 0 aliphatic carbocycles. The first kappa shape index (κ1) is 13.5. The van der Waals surface area contributed by atoms with E-state index < -0.39 is 0 Å². The van der Waals surface area contributed by atoms with Gasteiger partial charge in [0.25, 0.3) is 0 Å². The van der Waals surface area contributed by atoms with Crippen LogP contribution in [0.5, 0.6) is 0 Å². The Kier molecular flexibility index (Phi) is 4.31. The van der Waals surface area contributed by atoms with Crippen molar-refractivity contribution in [1.29, 1.82) is 0 Å². The molecule has 0 radical (unpaired) electrons. The Morgan fingerprint density at radius 3 is 2.33 bits per heavy atom. The Balaban J connectivity index is 2.35. The van der Waals surface area contributed by atoms with Gasteiger partial charge < -0.3 is 0 Å². The van der Waals surface area contributed by atoms with Crippen LogP contribution >= 0.6 is 23.2 Å². The molecule has 2 aromatic rings. The SMILES string of the molecule is CCc1ccc(C(Cl)c2cccc(C)c2Cl)cc1. The van der Waals surface area contributed by atoms with Crippen LogP contribution in [0.1, 0.15) is 34.6 Å². The van der Waals surface area contributed by atoms with Crippen molar-refractivity contribution in [2.45, 2.75) is 25.6 Å². The first-order valence-electron chi connectivity index (χ1n) is 6.11. The largest absolute Gasteiger partial charge is 0.113 e. The van der Waals surface area contributed by atoms with Gasteiger partial charge in [-0.1, -0.05) is 61.0 Å². The monoisotopic (exact) mass is 278 g/mol. The molecule has 18 heavy (non-hydrogen) atoms. The van der Waals surface area contributed by atoms with Crippen LogP contribution in [0.25, 0.3) is 0 Å². The molecule has 1 unspecified atom stereocenters. The maximum absolute atomic E-state index is 6.52. The quantitative estimate of drug-likeness (QED) is 0.647. The first-order valence-corrected chi connectivity index (χ1v) is 6.92. The Labute approximate surface area is 119 Å². The van der Waals surface area contributed by atoms with E-state index in [1.165, 1.54) is 5.56 Å². The lowest BCUT2D eigenvalue weighted by Gasteiger charge is -2.14. The fraction of sp³-hybridized carbons (Fsp3) is 0.250. The molecular weight excluding hydrogens is 263 g/mol. The number of aryl methyl sites for hydroxylation is 2. The van der Waals surface area contributed by atoms with Gasteiger partial charge in [-0.3, -0.25) is 0 Å². The number of halogens is 2. The molecular formula is C16H16Cl2. The van der Waals surface area contributed by atoms with E-state index in [0.29, 0.717) is 0 Å². The molecule has 2 aromatic carbocycles. The molecule has 0 amide bonds. The van der Waals surface area contributed by atoms with E-state index in [1.54, 1.807) is 0 Å². The molecule has 2 heteroatoms. The summed E-state index contributed by atoms with van der Waals surface area (Å²) in [7, 11) is 0. The molecule has 0 aliphatic heterocycles.